The van der Waals surface area contributed by atoms with Crippen molar-refractivity contribution in [3.63, 3.8) is 0 Å². The van der Waals surface area contributed by atoms with Gasteiger partial charge in [-0.05, 0) is 62.2 Å². The highest BCUT2D eigenvalue weighted by atomic mass is 19.4. The fourth-order valence-corrected chi connectivity index (χ4v) is 5.98. The highest BCUT2D eigenvalue weighted by Gasteiger charge is 2.36. The third-order valence-corrected chi connectivity index (χ3v) is 8.53. The van der Waals surface area contributed by atoms with Crippen LogP contribution in [0.2, 0.25) is 0 Å². The maximum atomic E-state index is 13.1. The standard InChI is InChI=1S/C32H30F6N8O3/c33-31(34,35)30-42-29(43-44-30)25-14-24-26(15-39-25)46(16-22-9-12-47-22)27(40-24)17-45-10-7-20(8-11-45)23-5-2-6-28(41-23)48-18-19-3-1-4-21(13-19)49-32(36,37)38/h1-6,13-15,20,22H,7-12,16-18H2,(H,42,43,44)/t22-/m0/s1. The van der Waals surface area contributed by atoms with Crippen molar-refractivity contribution in [3.8, 4) is 23.1 Å². The molecule has 2 saturated heterocycles. The molecule has 0 radical (unpaired) electrons. The number of hydrogen-bond donors (Lipinski definition) is 1. The minimum atomic E-state index is -4.78. The monoisotopic (exact) mass is 688 g/mol. The van der Waals surface area contributed by atoms with E-state index in [-0.39, 0.29) is 35.9 Å². The second-order valence-corrected chi connectivity index (χ2v) is 11.9. The van der Waals surface area contributed by atoms with E-state index >= 15 is 0 Å². The second kappa shape index (κ2) is 13.3. The molecule has 0 unspecified atom stereocenters. The zero-order valence-electron chi connectivity index (χ0n) is 25.8. The number of rotatable bonds is 10. The van der Waals surface area contributed by atoms with Gasteiger partial charge >= 0.3 is 12.5 Å². The largest absolute Gasteiger partial charge is 0.573 e. The number of nitrogens with zero attached hydrogens (tertiary/aromatic N) is 7. The molecular formula is C32H30F6N8O3. The van der Waals surface area contributed by atoms with Crippen molar-refractivity contribution in [2.24, 2.45) is 0 Å². The van der Waals surface area contributed by atoms with Gasteiger partial charge < -0.3 is 23.8 Å². The Kier molecular flexibility index (Phi) is 8.87. The number of aromatic nitrogens is 7. The van der Waals surface area contributed by atoms with E-state index in [1.165, 1.54) is 18.2 Å². The van der Waals surface area contributed by atoms with Crippen molar-refractivity contribution in [2.75, 3.05) is 19.7 Å². The number of pyridine rings is 2. The van der Waals surface area contributed by atoms with Crippen LogP contribution in [0, 0.1) is 0 Å². The Morgan fingerprint density at radius 2 is 1.73 bits per heavy atom. The highest BCUT2D eigenvalue weighted by Crippen LogP contribution is 2.31. The Morgan fingerprint density at radius 3 is 2.45 bits per heavy atom. The summed E-state index contributed by atoms with van der Waals surface area (Å²) in [5.74, 6) is -0.246. The zero-order valence-corrected chi connectivity index (χ0v) is 25.8. The Labute approximate surface area is 275 Å². The molecule has 17 heteroatoms. The quantitative estimate of drug-likeness (QED) is 0.169. The molecule has 0 amide bonds. The highest BCUT2D eigenvalue weighted by molar-refractivity contribution is 5.78. The summed E-state index contributed by atoms with van der Waals surface area (Å²) in [5, 5.41) is 6.83. The van der Waals surface area contributed by atoms with Crippen LogP contribution in [0.3, 0.4) is 0 Å². The summed E-state index contributed by atoms with van der Waals surface area (Å²) in [7, 11) is 0. The molecule has 2 aliphatic heterocycles. The van der Waals surface area contributed by atoms with Crippen LogP contribution in [0.15, 0.2) is 54.7 Å². The number of alkyl halides is 6. The van der Waals surface area contributed by atoms with Crippen LogP contribution < -0.4 is 9.47 Å². The van der Waals surface area contributed by atoms with Gasteiger partial charge in [-0.25, -0.2) is 9.97 Å². The number of aromatic amines is 1. The number of H-pyrrole nitrogens is 1. The summed E-state index contributed by atoms with van der Waals surface area (Å²) >= 11 is 0. The molecule has 2 aliphatic rings. The molecule has 258 valence electrons. The molecule has 7 rings (SSSR count). The first-order chi connectivity index (χ1) is 23.5. The predicted molar refractivity (Wildman–Crippen MR) is 161 cm³/mol. The lowest BCUT2D eigenvalue weighted by Crippen LogP contribution is -2.35. The van der Waals surface area contributed by atoms with Crippen LogP contribution in [-0.4, -0.2) is 71.8 Å². The van der Waals surface area contributed by atoms with Crippen molar-refractivity contribution in [2.45, 2.75) is 63.5 Å². The minimum absolute atomic E-state index is 0.0286. The smallest absolute Gasteiger partial charge is 0.473 e. The average molecular weight is 689 g/mol. The van der Waals surface area contributed by atoms with Crippen LogP contribution in [0.4, 0.5) is 26.3 Å². The van der Waals surface area contributed by atoms with E-state index in [1.54, 1.807) is 24.4 Å². The summed E-state index contributed by atoms with van der Waals surface area (Å²) in [6.45, 7) is 3.40. The molecular weight excluding hydrogens is 658 g/mol. The molecule has 5 aromatic rings. The minimum Gasteiger partial charge on any atom is -0.473 e. The van der Waals surface area contributed by atoms with Crippen LogP contribution in [0.25, 0.3) is 22.6 Å². The van der Waals surface area contributed by atoms with E-state index in [0.717, 1.165) is 49.4 Å². The maximum absolute atomic E-state index is 13.1. The van der Waals surface area contributed by atoms with Crippen molar-refractivity contribution >= 4 is 11.0 Å². The van der Waals surface area contributed by atoms with Gasteiger partial charge in [-0.3, -0.25) is 9.88 Å². The van der Waals surface area contributed by atoms with E-state index < -0.39 is 18.4 Å². The van der Waals surface area contributed by atoms with E-state index in [4.69, 9.17) is 14.5 Å². The summed E-state index contributed by atoms with van der Waals surface area (Å²) in [5.41, 5.74) is 2.92. The molecule has 4 aromatic heterocycles. The number of hydrogen-bond acceptors (Lipinski definition) is 9. The van der Waals surface area contributed by atoms with Gasteiger partial charge in [-0.2, -0.15) is 13.2 Å². The molecule has 6 heterocycles. The molecule has 2 fully saturated rings. The number of nitrogens with one attached hydrogen (secondary N) is 1. The number of ether oxygens (including phenoxy) is 3. The van der Waals surface area contributed by atoms with Crippen LogP contribution >= 0.6 is 0 Å². The SMILES string of the molecule is FC(F)(F)Oc1cccc(COc2cccc(C3CCN(Cc4nc5cc(-c6nnc(C(F)(F)F)[nH]6)ncc5n4C[C@@H]4CCO4)CC3)n2)c1. The first-order valence-corrected chi connectivity index (χ1v) is 15.6. The molecule has 0 saturated carbocycles. The Hall–Kier alpha value is -4.77. The van der Waals surface area contributed by atoms with E-state index in [0.29, 0.717) is 36.7 Å². The number of halogens is 6. The van der Waals surface area contributed by atoms with E-state index in [9.17, 15) is 26.3 Å². The molecule has 0 aliphatic carbocycles. The molecule has 1 atom stereocenters. The van der Waals surface area contributed by atoms with Crippen molar-refractivity contribution in [1.29, 1.82) is 0 Å². The van der Waals surface area contributed by atoms with Crippen molar-refractivity contribution in [1.82, 2.24) is 39.6 Å². The Morgan fingerprint density at radius 1 is 0.939 bits per heavy atom. The van der Waals surface area contributed by atoms with E-state index in [1.807, 2.05) is 12.1 Å². The van der Waals surface area contributed by atoms with Crippen LogP contribution in [-0.2, 0) is 30.6 Å². The molecule has 1 N–H and O–H groups in total. The van der Waals surface area contributed by atoms with Crippen molar-refractivity contribution in [3.05, 3.63) is 77.6 Å². The zero-order chi connectivity index (χ0) is 34.2. The predicted octanol–water partition coefficient (Wildman–Crippen LogP) is 6.28. The molecule has 0 bridgehead atoms. The Balaban J connectivity index is 1.00. The van der Waals surface area contributed by atoms with Gasteiger partial charge in [0.1, 0.15) is 23.9 Å². The summed E-state index contributed by atoms with van der Waals surface area (Å²) < 4.78 is 94.5. The average Bonchev–Trinajstić information content (AvgIpc) is 3.67. The second-order valence-electron chi connectivity index (χ2n) is 11.9. The van der Waals surface area contributed by atoms with Gasteiger partial charge in [0.05, 0.1) is 36.4 Å². The lowest BCUT2D eigenvalue weighted by molar-refractivity contribution is -0.274. The summed E-state index contributed by atoms with van der Waals surface area (Å²) in [6.07, 6.45) is -5.21. The van der Waals surface area contributed by atoms with Gasteiger partial charge in [0.25, 0.3) is 0 Å². The summed E-state index contributed by atoms with van der Waals surface area (Å²) in [6, 6.07) is 12.7. The Bertz CT molecular complexity index is 1910. The van der Waals surface area contributed by atoms with Crippen LogP contribution in [0.5, 0.6) is 11.6 Å². The number of likely N-dealkylation sites (tertiary alicyclic amines) is 1. The van der Waals surface area contributed by atoms with Gasteiger partial charge in [-0.1, -0.05) is 18.2 Å². The lowest BCUT2D eigenvalue weighted by Gasteiger charge is -2.32. The maximum Gasteiger partial charge on any atom is 0.573 e. The summed E-state index contributed by atoms with van der Waals surface area (Å²) in [4.78, 5) is 18.4. The van der Waals surface area contributed by atoms with E-state index in [2.05, 4.69) is 39.4 Å². The third-order valence-electron chi connectivity index (χ3n) is 8.53. The van der Waals surface area contributed by atoms with Gasteiger partial charge in [-0.15, -0.1) is 23.4 Å². The van der Waals surface area contributed by atoms with Gasteiger partial charge in [0.15, 0.2) is 5.82 Å². The van der Waals surface area contributed by atoms with Crippen LogP contribution in [0.1, 0.15) is 48.1 Å². The van der Waals surface area contributed by atoms with Gasteiger partial charge in [0.2, 0.25) is 11.7 Å². The number of fused-ring (bicyclic) bond motifs is 1. The fraction of sp³-hybridized carbons (Fsp3) is 0.406. The number of benzene rings is 1. The third kappa shape index (κ3) is 7.77. The number of imidazole rings is 1. The fourth-order valence-electron chi connectivity index (χ4n) is 5.98. The lowest BCUT2D eigenvalue weighted by atomic mass is 9.93. The normalized spacial score (nSPS) is 17.7. The number of piperidine rings is 1. The molecule has 0 spiro atoms. The first-order valence-electron chi connectivity index (χ1n) is 15.6. The molecule has 11 nitrogen and oxygen atoms in total. The first kappa shape index (κ1) is 32.8. The molecule has 1 aromatic carbocycles. The molecule has 49 heavy (non-hydrogen) atoms. The van der Waals surface area contributed by atoms with Crippen molar-refractivity contribution < 1.29 is 40.6 Å². The topological polar surface area (TPSA) is 116 Å². The van der Waals surface area contributed by atoms with Gasteiger partial charge in [0, 0.05) is 24.3 Å².